The average Bonchev–Trinajstić information content (AvgIpc) is 2.70. The van der Waals surface area contributed by atoms with Gasteiger partial charge in [-0.25, -0.2) is 4.79 Å². The van der Waals surface area contributed by atoms with Crippen LogP contribution in [0.15, 0.2) is 17.2 Å². The van der Waals surface area contributed by atoms with Crippen LogP contribution in [0, 0.1) is 17.8 Å². The summed E-state index contributed by atoms with van der Waals surface area (Å²) in [6.45, 7) is 1.17. The standard InChI is InChI=1S/C15H23N3O/c16-1-2-17-3-4-18(14(17)19)15-8-11-5-12(9-15)7-13(6-11)10-15/h3-4,11-13H,1-2,5-10,16H2. The van der Waals surface area contributed by atoms with Crippen molar-refractivity contribution in [2.24, 2.45) is 23.5 Å². The highest BCUT2D eigenvalue weighted by Crippen LogP contribution is 2.58. The van der Waals surface area contributed by atoms with E-state index in [1.165, 1.54) is 38.5 Å². The third-order valence-electron chi connectivity index (χ3n) is 5.73. The van der Waals surface area contributed by atoms with Gasteiger partial charge < -0.3 is 5.73 Å². The van der Waals surface area contributed by atoms with Crippen LogP contribution in [0.4, 0.5) is 0 Å². The summed E-state index contributed by atoms with van der Waals surface area (Å²) in [6.07, 6.45) is 11.9. The number of hydrogen-bond donors (Lipinski definition) is 1. The molecule has 0 radical (unpaired) electrons. The molecule has 4 aliphatic rings. The molecule has 0 atom stereocenters. The molecule has 4 heteroatoms. The molecule has 19 heavy (non-hydrogen) atoms. The van der Waals surface area contributed by atoms with E-state index in [1.54, 1.807) is 4.57 Å². The number of imidazole rings is 1. The third-order valence-corrected chi connectivity index (χ3v) is 5.73. The van der Waals surface area contributed by atoms with Crippen molar-refractivity contribution in [1.82, 2.24) is 9.13 Å². The van der Waals surface area contributed by atoms with Gasteiger partial charge >= 0.3 is 5.69 Å². The SMILES string of the molecule is NCCn1ccn(C23CC4CC(CC(C4)C2)C3)c1=O. The summed E-state index contributed by atoms with van der Waals surface area (Å²) in [5.41, 5.74) is 5.88. The summed E-state index contributed by atoms with van der Waals surface area (Å²) >= 11 is 0. The molecular weight excluding hydrogens is 238 g/mol. The second-order valence-corrected chi connectivity index (χ2v) is 7.07. The van der Waals surface area contributed by atoms with E-state index in [9.17, 15) is 4.79 Å². The summed E-state index contributed by atoms with van der Waals surface area (Å²) in [5, 5.41) is 0. The highest BCUT2D eigenvalue weighted by Gasteiger charge is 2.52. The number of nitrogens with two attached hydrogens (primary N) is 1. The Morgan fingerprint density at radius 3 is 2.21 bits per heavy atom. The fourth-order valence-electron chi connectivity index (χ4n) is 5.44. The van der Waals surface area contributed by atoms with Gasteiger partial charge in [-0.1, -0.05) is 0 Å². The average molecular weight is 261 g/mol. The molecule has 4 fully saturated rings. The quantitative estimate of drug-likeness (QED) is 0.897. The lowest BCUT2D eigenvalue weighted by Gasteiger charge is -2.56. The highest BCUT2D eigenvalue weighted by molar-refractivity contribution is 5.07. The van der Waals surface area contributed by atoms with E-state index in [2.05, 4.69) is 4.57 Å². The Kier molecular flexibility index (Phi) is 2.47. The Bertz CT molecular complexity index is 507. The van der Waals surface area contributed by atoms with Crippen LogP contribution >= 0.6 is 0 Å². The monoisotopic (exact) mass is 261 g/mol. The summed E-state index contributed by atoms with van der Waals surface area (Å²) in [7, 11) is 0. The molecule has 0 unspecified atom stereocenters. The number of rotatable bonds is 3. The Morgan fingerprint density at radius 1 is 1.11 bits per heavy atom. The van der Waals surface area contributed by atoms with Crippen molar-refractivity contribution in [2.45, 2.75) is 50.6 Å². The van der Waals surface area contributed by atoms with Crippen LogP contribution in [0.25, 0.3) is 0 Å². The second-order valence-electron chi connectivity index (χ2n) is 7.07. The first-order valence-corrected chi connectivity index (χ1v) is 7.68. The van der Waals surface area contributed by atoms with E-state index < -0.39 is 0 Å². The molecule has 0 saturated heterocycles. The maximum atomic E-state index is 12.5. The van der Waals surface area contributed by atoms with Gasteiger partial charge in [0, 0.05) is 31.0 Å². The molecule has 4 bridgehead atoms. The molecule has 4 saturated carbocycles. The van der Waals surface area contributed by atoms with E-state index in [-0.39, 0.29) is 11.2 Å². The van der Waals surface area contributed by atoms with Crippen molar-refractivity contribution in [2.75, 3.05) is 6.54 Å². The Morgan fingerprint density at radius 2 is 1.68 bits per heavy atom. The molecule has 1 aromatic rings. The molecule has 0 aromatic carbocycles. The molecule has 2 N–H and O–H groups in total. The fraction of sp³-hybridized carbons (Fsp3) is 0.800. The molecule has 4 aliphatic carbocycles. The molecule has 1 aromatic heterocycles. The lowest BCUT2D eigenvalue weighted by atomic mass is 9.53. The van der Waals surface area contributed by atoms with Crippen molar-refractivity contribution in [3.63, 3.8) is 0 Å². The summed E-state index contributed by atoms with van der Waals surface area (Å²) in [4.78, 5) is 12.5. The fourth-order valence-corrected chi connectivity index (χ4v) is 5.44. The van der Waals surface area contributed by atoms with Gasteiger partial charge in [-0.3, -0.25) is 9.13 Å². The van der Waals surface area contributed by atoms with Crippen LogP contribution in [0.2, 0.25) is 0 Å². The maximum Gasteiger partial charge on any atom is 0.328 e. The zero-order valence-corrected chi connectivity index (χ0v) is 11.4. The molecule has 0 amide bonds. The predicted molar refractivity (Wildman–Crippen MR) is 73.9 cm³/mol. The first kappa shape index (κ1) is 11.8. The van der Waals surface area contributed by atoms with Gasteiger partial charge in [0.2, 0.25) is 0 Å². The number of hydrogen-bond acceptors (Lipinski definition) is 2. The summed E-state index contributed by atoms with van der Waals surface area (Å²) in [6, 6.07) is 0. The molecule has 4 nitrogen and oxygen atoms in total. The zero-order valence-electron chi connectivity index (χ0n) is 11.4. The lowest BCUT2D eigenvalue weighted by Crippen LogP contribution is -2.54. The first-order valence-electron chi connectivity index (χ1n) is 7.68. The smallest absolute Gasteiger partial charge is 0.328 e. The Balaban J connectivity index is 1.74. The summed E-state index contributed by atoms with van der Waals surface area (Å²) < 4.78 is 3.84. The van der Waals surface area contributed by atoms with Crippen molar-refractivity contribution in [3.05, 3.63) is 22.9 Å². The van der Waals surface area contributed by atoms with E-state index >= 15 is 0 Å². The number of nitrogens with zero attached hydrogens (tertiary/aromatic N) is 2. The van der Waals surface area contributed by atoms with Crippen LogP contribution in [-0.2, 0) is 12.1 Å². The molecule has 0 spiro atoms. The molecule has 5 rings (SSSR count). The van der Waals surface area contributed by atoms with Crippen LogP contribution in [0.5, 0.6) is 0 Å². The molecule has 1 heterocycles. The van der Waals surface area contributed by atoms with Gasteiger partial charge in [-0.2, -0.15) is 0 Å². The predicted octanol–water partition coefficient (Wildman–Crippen LogP) is 1.53. The van der Waals surface area contributed by atoms with Crippen LogP contribution in [-0.4, -0.2) is 15.7 Å². The van der Waals surface area contributed by atoms with E-state index in [4.69, 9.17) is 5.73 Å². The Labute approximate surface area is 113 Å². The molecular formula is C15H23N3O. The largest absolute Gasteiger partial charge is 0.329 e. The van der Waals surface area contributed by atoms with Crippen LogP contribution < -0.4 is 11.4 Å². The minimum Gasteiger partial charge on any atom is -0.329 e. The molecule has 0 aliphatic heterocycles. The lowest BCUT2D eigenvalue weighted by molar-refractivity contribution is -0.0449. The highest BCUT2D eigenvalue weighted by atomic mass is 16.1. The van der Waals surface area contributed by atoms with Gasteiger partial charge in [0.25, 0.3) is 0 Å². The van der Waals surface area contributed by atoms with Gasteiger partial charge in [-0.15, -0.1) is 0 Å². The summed E-state index contributed by atoms with van der Waals surface area (Å²) in [5.74, 6) is 2.61. The van der Waals surface area contributed by atoms with Gasteiger partial charge in [0.15, 0.2) is 0 Å². The minimum atomic E-state index is 0.145. The first-order chi connectivity index (χ1) is 9.20. The second kappa shape index (κ2) is 3.98. The third kappa shape index (κ3) is 1.65. The van der Waals surface area contributed by atoms with E-state index in [0.29, 0.717) is 13.1 Å². The van der Waals surface area contributed by atoms with E-state index in [1.807, 2.05) is 12.4 Å². The van der Waals surface area contributed by atoms with Crippen molar-refractivity contribution >= 4 is 0 Å². The Hall–Kier alpha value is -1.03. The zero-order chi connectivity index (χ0) is 13.0. The van der Waals surface area contributed by atoms with Crippen LogP contribution in [0.1, 0.15) is 38.5 Å². The maximum absolute atomic E-state index is 12.5. The van der Waals surface area contributed by atoms with Gasteiger partial charge in [0.05, 0.1) is 0 Å². The molecule has 104 valence electrons. The topological polar surface area (TPSA) is 52.9 Å². The normalized spacial score (nSPS) is 39.9. The van der Waals surface area contributed by atoms with Crippen molar-refractivity contribution in [3.8, 4) is 0 Å². The minimum absolute atomic E-state index is 0.145. The van der Waals surface area contributed by atoms with Crippen molar-refractivity contribution in [1.29, 1.82) is 0 Å². The van der Waals surface area contributed by atoms with Gasteiger partial charge in [-0.05, 0) is 56.3 Å². The number of aromatic nitrogens is 2. The van der Waals surface area contributed by atoms with Gasteiger partial charge in [0.1, 0.15) is 0 Å². The van der Waals surface area contributed by atoms with Crippen LogP contribution in [0.3, 0.4) is 0 Å². The van der Waals surface area contributed by atoms with E-state index in [0.717, 1.165) is 17.8 Å². The van der Waals surface area contributed by atoms with Crippen molar-refractivity contribution < 1.29 is 0 Å².